The lowest BCUT2D eigenvalue weighted by atomic mass is 10.2. The number of thioether (sulfide) groups is 1. The molecule has 0 aromatic heterocycles. The van der Waals surface area contributed by atoms with Gasteiger partial charge in [-0.25, -0.2) is 0 Å². The van der Waals surface area contributed by atoms with Crippen molar-refractivity contribution < 1.29 is 4.74 Å². The second-order valence-corrected chi connectivity index (χ2v) is 2.98. The van der Waals surface area contributed by atoms with Crippen LogP contribution in [0.5, 0.6) is 0 Å². The van der Waals surface area contributed by atoms with Crippen molar-refractivity contribution in [1.29, 1.82) is 0 Å². The van der Waals surface area contributed by atoms with Gasteiger partial charge < -0.3 is 4.74 Å². The second-order valence-electron chi connectivity index (χ2n) is 2.04. The third-order valence-corrected chi connectivity index (χ3v) is 2.07. The largest absolute Gasteiger partial charge is 0.500 e. The molecule has 1 nitrogen and oxygen atoms in total. The summed E-state index contributed by atoms with van der Waals surface area (Å²) in [5.74, 6) is 1.89. The van der Waals surface area contributed by atoms with Crippen LogP contribution < -0.4 is 0 Å². The summed E-state index contributed by atoms with van der Waals surface area (Å²) in [5.41, 5.74) is 0. The first-order valence-electron chi connectivity index (χ1n) is 2.78. The van der Waals surface area contributed by atoms with Gasteiger partial charge in [0.2, 0.25) is 0 Å². The van der Waals surface area contributed by atoms with Gasteiger partial charge in [-0.05, 0) is 5.92 Å². The standard InChI is InChI=1S/C6H10OS/c1-6-4-7-2-3-8-5-6/h2-3,6H,4-5H2,1H3. The van der Waals surface area contributed by atoms with E-state index in [1.807, 2.05) is 17.2 Å². The number of rotatable bonds is 0. The molecule has 0 aromatic rings. The van der Waals surface area contributed by atoms with Crippen molar-refractivity contribution in [3.8, 4) is 0 Å². The third-order valence-electron chi connectivity index (χ3n) is 1.01. The van der Waals surface area contributed by atoms with E-state index in [9.17, 15) is 0 Å². The average molecular weight is 130 g/mol. The Morgan fingerprint density at radius 3 is 3.50 bits per heavy atom. The zero-order valence-corrected chi connectivity index (χ0v) is 5.78. The molecule has 0 amide bonds. The highest BCUT2D eigenvalue weighted by atomic mass is 32.2. The van der Waals surface area contributed by atoms with Crippen LogP contribution in [0.2, 0.25) is 0 Å². The predicted octanol–water partition coefficient (Wildman–Crippen LogP) is 1.86. The van der Waals surface area contributed by atoms with Crippen LogP contribution in [0, 0.1) is 5.92 Å². The molecular weight excluding hydrogens is 120 g/mol. The van der Waals surface area contributed by atoms with E-state index in [0.29, 0.717) is 5.92 Å². The molecule has 0 radical (unpaired) electrons. The first-order valence-corrected chi connectivity index (χ1v) is 3.82. The zero-order valence-electron chi connectivity index (χ0n) is 4.96. The van der Waals surface area contributed by atoms with Gasteiger partial charge in [-0.2, -0.15) is 0 Å². The molecule has 1 aliphatic heterocycles. The van der Waals surface area contributed by atoms with E-state index in [4.69, 9.17) is 4.74 Å². The van der Waals surface area contributed by atoms with Crippen LogP contribution in [0.25, 0.3) is 0 Å². The molecule has 1 unspecified atom stereocenters. The van der Waals surface area contributed by atoms with E-state index in [1.165, 1.54) is 5.75 Å². The minimum atomic E-state index is 0.704. The molecular formula is C6H10OS. The van der Waals surface area contributed by atoms with Crippen LogP contribution in [0.15, 0.2) is 11.7 Å². The molecule has 1 heterocycles. The molecule has 1 aliphatic rings. The maximum atomic E-state index is 5.11. The summed E-state index contributed by atoms with van der Waals surface area (Å²) in [6.07, 6.45) is 1.77. The normalized spacial score (nSPS) is 28.9. The van der Waals surface area contributed by atoms with E-state index < -0.39 is 0 Å². The Bertz CT molecular complexity index is 80.5. The van der Waals surface area contributed by atoms with Gasteiger partial charge in [-0.15, -0.1) is 11.8 Å². The molecule has 0 bridgehead atoms. The lowest BCUT2D eigenvalue weighted by molar-refractivity contribution is 0.216. The smallest absolute Gasteiger partial charge is 0.0907 e. The molecule has 2 heteroatoms. The van der Waals surface area contributed by atoms with Crippen molar-refractivity contribution in [2.45, 2.75) is 6.92 Å². The van der Waals surface area contributed by atoms with Crippen LogP contribution >= 0.6 is 11.8 Å². The highest BCUT2D eigenvalue weighted by molar-refractivity contribution is 8.02. The summed E-state index contributed by atoms with van der Waals surface area (Å²) in [6, 6.07) is 0. The molecule has 0 aromatic carbocycles. The maximum absolute atomic E-state index is 5.11. The van der Waals surface area contributed by atoms with Gasteiger partial charge in [0.05, 0.1) is 12.9 Å². The Hall–Kier alpha value is -0.110. The summed E-state index contributed by atoms with van der Waals surface area (Å²) >= 11 is 1.82. The quantitative estimate of drug-likeness (QED) is 0.495. The molecule has 0 saturated heterocycles. The molecule has 0 aliphatic carbocycles. The molecule has 46 valence electrons. The lowest BCUT2D eigenvalue weighted by Crippen LogP contribution is -2.02. The Kier molecular flexibility index (Phi) is 2.27. The SMILES string of the molecule is CC1COC=CSC1. The molecule has 0 fully saturated rings. The van der Waals surface area contributed by atoms with Crippen LogP contribution in [0.4, 0.5) is 0 Å². The maximum Gasteiger partial charge on any atom is 0.0907 e. The third kappa shape index (κ3) is 1.78. The summed E-state index contributed by atoms with van der Waals surface area (Å²) < 4.78 is 5.11. The van der Waals surface area contributed by atoms with Gasteiger partial charge in [0.15, 0.2) is 0 Å². The molecule has 0 saturated carbocycles. The van der Waals surface area contributed by atoms with E-state index in [0.717, 1.165) is 6.61 Å². The Morgan fingerprint density at radius 1 is 1.75 bits per heavy atom. The van der Waals surface area contributed by atoms with Gasteiger partial charge in [0.25, 0.3) is 0 Å². The predicted molar refractivity (Wildman–Crippen MR) is 36.7 cm³/mol. The molecule has 1 atom stereocenters. The summed E-state index contributed by atoms with van der Waals surface area (Å²) in [5, 5.41) is 2.00. The highest BCUT2D eigenvalue weighted by Gasteiger charge is 2.02. The molecule has 0 spiro atoms. The fourth-order valence-electron chi connectivity index (χ4n) is 0.566. The minimum Gasteiger partial charge on any atom is -0.500 e. The van der Waals surface area contributed by atoms with Gasteiger partial charge in [0, 0.05) is 11.2 Å². The zero-order chi connectivity index (χ0) is 5.82. The number of ether oxygens (including phenoxy) is 1. The first kappa shape index (κ1) is 6.02. The van der Waals surface area contributed by atoms with Crippen molar-refractivity contribution in [3.05, 3.63) is 11.7 Å². The van der Waals surface area contributed by atoms with E-state index in [1.54, 1.807) is 6.26 Å². The lowest BCUT2D eigenvalue weighted by Gasteiger charge is -2.03. The topological polar surface area (TPSA) is 9.23 Å². The minimum absolute atomic E-state index is 0.704. The van der Waals surface area contributed by atoms with Crippen molar-refractivity contribution in [2.24, 2.45) is 5.92 Å². The Morgan fingerprint density at radius 2 is 2.62 bits per heavy atom. The van der Waals surface area contributed by atoms with Gasteiger partial charge in [-0.1, -0.05) is 6.92 Å². The van der Waals surface area contributed by atoms with E-state index >= 15 is 0 Å². The fourth-order valence-corrected chi connectivity index (χ4v) is 1.26. The summed E-state index contributed by atoms with van der Waals surface area (Å²) in [4.78, 5) is 0. The van der Waals surface area contributed by atoms with Gasteiger partial charge in [0.1, 0.15) is 0 Å². The average Bonchev–Trinajstić information content (AvgIpc) is 1.94. The van der Waals surface area contributed by atoms with E-state index in [2.05, 4.69) is 6.92 Å². The first-order chi connectivity index (χ1) is 3.89. The Labute approximate surface area is 54.1 Å². The number of hydrogen-bond donors (Lipinski definition) is 0. The van der Waals surface area contributed by atoms with E-state index in [-0.39, 0.29) is 0 Å². The van der Waals surface area contributed by atoms with Crippen molar-refractivity contribution in [2.75, 3.05) is 12.4 Å². The Balaban J connectivity index is 2.28. The van der Waals surface area contributed by atoms with Gasteiger partial charge in [-0.3, -0.25) is 0 Å². The fraction of sp³-hybridized carbons (Fsp3) is 0.667. The highest BCUT2D eigenvalue weighted by Crippen LogP contribution is 2.13. The number of hydrogen-bond acceptors (Lipinski definition) is 2. The molecule has 0 N–H and O–H groups in total. The van der Waals surface area contributed by atoms with Crippen molar-refractivity contribution in [3.63, 3.8) is 0 Å². The van der Waals surface area contributed by atoms with Gasteiger partial charge >= 0.3 is 0 Å². The summed E-state index contributed by atoms with van der Waals surface area (Å²) in [6.45, 7) is 3.07. The second kappa shape index (κ2) is 3.02. The van der Waals surface area contributed by atoms with Crippen molar-refractivity contribution in [1.82, 2.24) is 0 Å². The van der Waals surface area contributed by atoms with Crippen LogP contribution in [-0.2, 0) is 4.74 Å². The van der Waals surface area contributed by atoms with Crippen LogP contribution in [0.3, 0.4) is 0 Å². The van der Waals surface area contributed by atoms with Crippen molar-refractivity contribution >= 4 is 11.8 Å². The summed E-state index contributed by atoms with van der Waals surface area (Å²) in [7, 11) is 0. The van der Waals surface area contributed by atoms with Crippen LogP contribution in [-0.4, -0.2) is 12.4 Å². The molecule has 1 rings (SSSR count). The monoisotopic (exact) mass is 130 g/mol. The molecule has 8 heavy (non-hydrogen) atoms. The van der Waals surface area contributed by atoms with Crippen LogP contribution in [0.1, 0.15) is 6.92 Å².